The van der Waals surface area contributed by atoms with E-state index in [4.69, 9.17) is 4.74 Å². The molecular formula is C18H19FN2O4S. The van der Waals surface area contributed by atoms with Crippen LogP contribution >= 0.6 is 0 Å². The monoisotopic (exact) mass is 378 g/mol. The number of nitrogens with zero attached hydrogens (tertiary/aromatic N) is 1. The van der Waals surface area contributed by atoms with Crippen molar-refractivity contribution in [3.8, 4) is 5.75 Å². The van der Waals surface area contributed by atoms with Crippen LogP contribution in [0, 0.1) is 5.82 Å². The highest BCUT2D eigenvalue weighted by Crippen LogP contribution is 2.37. The number of benzene rings is 2. The van der Waals surface area contributed by atoms with Gasteiger partial charge in [-0.05, 0) is 30.7 Å². The Morgan fingerprint density at radius 2 is 1.92 bits per heavy atom. The molecule has 2 aromatic carbocycles. The van der Waals surface area contributed by atoms with Gasteiger partial charge in [-0.2, -0.15) is 0 Å². The van der Waals surface area contributed by atoms with Crippen LogP contribution < -0.4 is 14.4 Å². The zero-order chi connectivity index (χ0) is 18.7. The molecule has 0 spiro atoms. The molecular weight excluding hydrogens is 359 g/mol. The van der Waals surface area contributed by atoms with Gasteiger partial charge in [0.05, 0.1) is 12.2 Å². The maximum Gasteiger partial charge on any atom is 0.267 e. The normalized spacial score (nSPS) is 16.5. The number of rotatable bonds is 5. The Hall–Kier alpha value is -2.61. The number of sulfonamides is 1. The van der Waals surface area contributed by atoms with Crippen LogP contribution in [0.5, 0.6) is 5.75 Å². The van der Waals surface area contributed by atoms with Crippen molar-refractivity contribution in [3.05, 3.63) is 54.3 Å². The average molecular weight is 378 g/mol. The number of nitrogens with one attached hydrogen (secondary N) is 1. The zero-order valence-electron chi connectivity index (χ0n) is 14.2. The minimum absolute atomic E-state index is 0.233. The second-order valence-corrected chi connectivity index (χ2v) is 7.66. The van der Waals surface area contributed by atoms with E-state index < -0.39 is 32.7 Å². The lowest BCUT2D eigenvalue weighted by atomic mass is 10.2. The zero-order valence-corrected chi connectivity index (χ0v) is 15.0. The van der Waals surface area contributed by atoms with Gasteiger partial charge >= 0.3 is 0 Å². The SMILES string of the molecule is CCCNC(=O)[C@@H]1CN(S(=O)(=O)c2ccccc2F)c2ccccc2O1. The predicted octanol–water partition coefficient (Wildman–Crippen LogP) is 2.31. The Labute approximate surface area is 151 Å². The molecule has 1 atom stereocenters. The number of halogens is 1. The molecule has 0 aromatic heterocycles. The molecule has 3 rings (SSSR count). The van der Waals surface area contributed by atoms with E-state index in [2.05, 4.69) is 5.32 Å². The highest BCUT2D eigenvalue weighted by Gasteiger charge is 2.38. The number of carbonyl (C=O) groups is 1. The average Bonchev–Trinajstić information content (AvgIpc) is 2.65. The van der Waals surface area contributed by atoms with E-state index in [1.54, 1.807) is 24.3 Å². The number of fused-ring (bicyclic) bond motifs is 1. The molecule has 2 aromatic rings. The molecule has 1 heterocycles. The van der Waals surface area contributed by atoms with E-state index in [1.807, 2.05) is 6.92 Å². The molecule has 0 radical (unpaired) electrons. The van der Waals surface area contributed by atoms with Gasteiger partial charge in [-0.1, -0.05) is 31.2 Å². The number of amides is 1. The molecule has 1 aliphatic rings. The van der Waals surface area contributed by atoms with Crippen LogP contribution in [-0.2, 0) is 14.8 Å². The number of para-hydroxylation sites is 2. The first kappa shape index (κ1) is 18.2. The first-order chi connectivity index (χ1) is 12.4. The van der Waals surface area contributed by atoms with Gasteiger partial charge in [0.25, 0.3) is 15.9 Å². The number of ether oxygens (including phenoxy) is 1. The van der Waals surface area contributed by atoms with Crippen LogP contribution in [0.25, 0.3) is 0 Å². The van der Waals surface area contributed by atoms with Crippen molar-refractivity contribution < 1.29 is 22.3 Å². The summed E-state index contributed by atoms with van der Waals surface area (Å²) in [5, 5.41) is 2.70. The summed E-state index contributed by atoms with van der Waals surface area (Å²) in [6.45, 7) is 2.13. The van der Waals surface area contributed by atoms with Gasteiger partial charge in [0.1, 0.15) is 16.5 Å². The summed E-state index contributed by atoms with van der Waals surface area (Å²) in [5.74, 6) is -0.992. The molecule has 1 N–H and O–H groups in total. The summed E-state index contributed by atoms with van der Waals surface area (Å²) in [6.07, 6.45) is -0.273. The van der Waals surface area contributed by atoms with Crippen molar-refractivity contribution in [1.82, 2.24) is 5.32 Å². The summed E-state index contributed by atoms with van der Waals surface area (Å²) in [7, 11) is -4.19. The van der Waals surface area contributed by atoms with Crippen LogP contribution in [-0.4, -0.2) is 33.5 Å². The second kappa shape index (κ2) is 7.33. The highest BCUT2D eigenvalue weighted by atomic mass is 32.2. The van der Waals surface area contributed by atoms with Crippen molar-refractivity contribution in [3.63, 3.8) is 0 Å². The van der Waals surface area contributed by atoms with Crippen LogP contribution in [0.1, 0.15) is 13.3 Å². The third kappa shape index (κ3) is 3.37. The standard InChI is InChI=1S/C18H19FN2O4S/c1-2-11-20-18(22)16-12-21(14-8-4-5-9-15(14)25-16)26(23,24)17-10-6-3-7-13(17)19/h3-10,16H,2,11-12H2,1H3,(H,20,22)/t16-/m0/s1. The number of carbonyl (C=O) groups excluding carboxylic acids is 1. The van der Waals surface area contributed by atoms with E-state index in [0.717, 1.165) is 16.8 Å². The third-order valence-corrected chi connectivity index (χ3v) is 5.79. The summed E-state index contributed by atoms with van der Waals surface area (Å²) >= 11 is 0. The maximum absolute atomic E-state index is 14.1. The van der Waals surface area contributed by atoms with E-state index in [9.17, 15) is 17.6 Å². The maximum atomic E-state index is 14.1. The molecule has 138 valence electrons. The molecule has 0 unspecified atom stereocenters. The fraction of sp³-hybridized carbons (Fsp3) is 0.278. The van der Waals surface area contributed by atoms with Gasteiger partial charge in [-0.15, -0.1) is 0 Å². The Bertz CT molecular complexity index is 917. The quantitative estimate of drug-likeness (QED) is 0.866. The molecule has 0 saturated carbocycles. The molecule has 0 bridgehead atoms. The van der Waals surface area contributed by atoms with Gasteiger partial charge in [0.2, 0.25) is 0 Å². The second-order valence-electron chi connectivity index (χ2n) is 5.83. The number of anilines is 1. The topological polar surface area (TPSA) is 75.7 Å². The van der Waals surface area contributed by atoms with Gasteiger partial charge < -0.3 is 10.1 Å². The van der Waals surface area contributed by atoms with Crippen LogP contribution in [0.4, 0.5) is 10.1 Å². The molecule has 26 heavy (non-hydrogen) atoms. The predicted molar refractivity (Wildman–Crippen MR) is 95.1 cm³/mol. The Kier molecular flexibility index (Phi) is 5.13. The number of hydrogen-bond donors (Lipinski definition) is 1. The fourth-order valence-corrected chi connectivity index (χ4v) is 4.24. The molecule has 0 aliphatic carbocycles. The molecule has 6 nitrogen and oxygen atoms in total. The van der Waals surface area contributed by atoms with Crippen molar-refractivity contribution >= 4 is 21.6 Å². The van der Waals surface area contributed by atoms with E-state index in [0.29, 0.717) is 6.54 Å². The molecule has 0 fully saturated rings. The van der Waals surface area contributed by atoms with Crippen LogP contribution in [0.3, 0.4) is 0 Å². The summed E-state index contributed by atoms with van der Waals surface area (Å²) < 4.78 is 46.9. The van der Waals surface area contributed by atoms with E-state index in [1.165, 1.54) is 18.2 Å². The lowest BCUT2D eigenvalue weighted by molar-refractivity contribution is -0.127. The van der Waals surface area contributed by atoms with Crippen LogP contribution in [0.2, 0.25) is 0 Å². The van der Waals surface area contributed by atoms with Crippen molar-refractivity contribution in [2.24, 2.45) is 0 Å². The smallest absolute Gasteiger partial charge is 0.267 e. The van der Waals surface area contributed by atoms with E-state index >= 15 is 0 Å². The lowest BCUT2D eigenvalue weighted by Crippen LogP contribution is -2.50. The Morgan fingerprint density at radius 1 is 1.23 bits per heavy atom. The Balaban J connectivity index is 2.02. The van der Waals surface area contributed by atoms with Crippen molar-refractivity contribution in [2.75, 3.05) is 17.4 Å². The lowest BCUT2D eigenvalue weighted by Gasteiger charge is -2.34. The molecule has 1 amide bonds. The summed E-state index contributed by atoms with van der Waals surface area (Å²) in [5.41, 5.74) is 0.273. The van der Waals surface area contributed by atoms with Crippen molar-refractivity contribution in [1.29, 1.82) is 0 Å². The van der Waals surface area contributed by atoms with Gasteiger partial charge in [0, 0.05) is 6.54 Å². The Morgan fingerprint density at radius 3 is 2.65 bits per heavy atom. The van der Waals surface area contributed by atoms with Gasteiger partial charge in [-0.3, -0.25) is 9.10 Å². The third-order valence-electron chi connectivity index (χ3n) is 3.98. The fourth-order valence-electron chi connectivity index (χ4n) is 2.70. The minimum atomic E-state index is -4.19. The minimum Gasteiger partial charge on any atom is -0.476 e. The number of hydrogen-bond acceptors (Lipinski definition) is 4. The summed E-state index contributed by atoms with van der Waals surface area (Å²) in [6, 6.07) is 11.6. The molecule has 8 heteroatoms. The van der Waals surface area contributed by atoms with Gasteiger partial charge in [-0.25, -0.2) is 12.8 Å². The van der Waals surface area contributed by atoms with E-state index in [-0.39, 0.29) is 18.0 Å². The molecule has 1 aliphatic heterocycles. The first-order valence-corrected chi connectivity index (χ1v) is 9.70. The van der Waals surface area contributed by atoms with Gasteiger partial charge in [0.15, 0.2) is 6.10 Å². The largest absolute Gasteiger partial charge is 0.476 e. The highest BCUT2D eigenvalue weighted by molar-refractivity contribution is 7.92. The first-order valence-electron chi connectivity index (χ1n) is 8.26. The van der Waals surface area contributed by atoms with Crippen LogP contribution in [0.15, 0.2) is 53.4 Å². The molecule has 0 saturated heterocycles. The summed E-state index contributed by atoms with van der Waals surface area (Å²) in [4.78, 5) is 11.9. The van der Waals surface area contributed by atoms with Crippen molar-refractivity contribution in [2.45, 2.75) is 24.3 Å².